The molecular weight excluding hydrogens is 450 g/mol. The molecule has 3 nitrogen and oxygen atoms in total. The third-order valence-corrected chi connectivity index (χ3v) is 7.03. The molecule has 156 valence electrons. The van der Waals surface area contributed by atoms with Crippen molar-refractivity contribution in [3.05, 3.63) is 102 Å². The Balaban J connectivity index is 1.79. The van der Waals surface area contributed by atoms with E-state index in [1.165, 1.54) is 27.4 Å². The maximum absolute atomic E-state index is 6.43. The van der Waals surface area contributed by atoms with Crippen molar-refractivity contribution < 1.29 is 9.47 Å². The lowest BCUT2D eigenvalue weighted by molar-refractivity contribution is -0.0730. The summed E-state index contributed by atoms with van der Waals surface area (Å²) in [6.07, 6.45) is 4.47. The molecule has 0 radical (unpaired) electrons. The highest BCUT2D eigenvalue weighted by Crippen LogP contribution is 2.51. The molecule has 2 atom stereocenters. The normalized spacial score (nSPS) is 21.3. The van der Waals surface area contributed by atoms with E-state index in [1.807, 2.05) is 6.07 Å². The number of rotatable bonds is 5. The summed E-state index contributed by atoms with van der Waals surface area (Å²) in [6, 6.07) is 27.4. The van der Waals surface area contributed by atoms with Crippen molar-refractivity contribution in [2.75, 3.05) is 13.9 Å². The molecule has 0 bridgehead atoms. The van der Waals surface area contributed by atoms with Crippen LogP contribution in [0.1, 0.15) is 18.5 Å². The van der Waals surface area contributed by atoms with Gasteiger partial charge in [0.1, 0.15) is 6.79 Å². The van der Waals surface area contributed by atoms with E-state index >= 15 is 0 Å². The molecule has 0 aliphatic heterocycles. The summed E-state index contributed by atoms with van der Waals surface area (Å²) in [5, 5.41) is 2.48. The van der Waals surface area contributed by atoms with Crippen molar-refractivity contribution in [2.45, 2.75) is 17.5 Å². The van der Waals surface area contributed by atoms with Crippen LogP contribution in [0.2, 0.25) is 0 Å². The molecule has 0 amide bonds. The average Bonchev–Trinajstić information content (AvgIpc) is 3.14. The van der Waals surface area contributed by atoms with Gasteiger partial charge in [-0.3, -0.25) is 0 Å². The molecule has 0 saturated heterocycles. The lowest BCUT2D eigenvalue weighted by Gasteiger charge is -2.40. The van der Waals surface area contributed by atoms with E-state index in [0.29, 0.717) is 0 Å². The summed E-state index contributed by atoms with van der Waals surface area (Å²) >= 11 is 4.05. The van der Waals surface area contributed by atoms with Crippen LogP contribution in [0.25, 0.3) is 27.4 Å². The molecule has 0 N–H and O–H groups in total. The van der Waals surface area contributed by atoms with Crippen LogP contribution in [0, 0.1) is 0 Å². The van der Waals surface area contributed by atoms with Crippen LogP contribution >= 0.6 is 15.9 Å². The van der Waals surface area contributed by atoms with Gasteiger partial charge in [-0.2, -0.15) is 0 Å². The highest BCUT2D eigenvalue weighted by atomic mass is 79.9. The summed E-state index contributed by atoms with van der Waals surface area (Å²) in [4.78, 5) is 0. The second-order valence-corrected chi connectivity index (χ2v) is 9.06. The number of fused-ring (bicyclic) bond motifs is 3. The van der Waals surface area contributed by atoms with Gasteiger partial charge in [-0.05, 0) is 40.5 Å². The van der Waals surface area contributed by atoms with Crippen molar-refractivity contribution in [3.63, 3.8) is 0 Å². The number of alkyl halides is 1. The topological polar surface area (TPSA) is 23.4 Å². The van der Waals surface area contributed by atoms with Gasteiger partial charge in [-0.1, -0.05) is 84.5 Å². The van der Waals surface area contributed by atoms with Crippen LogP contribution in [-0.4, -0.2) is 23.0 Å². The molecule has 4 aromatic rings. The fourth-order valence-corrected chi connectivity index (χ4v) is 5.36. The van der Waals surface area contributed by atoms with Gasteiger partial charge in [0, 0.05) is 34.5 Å². The van der Waals surface area contributed by atoms with Crippen LogP contribution in [0.5, 0.6) is 0 Å². The zero-order chi connectivity index (χ0) is 21.4. The Labute approximate surface area is 190 Å². The van der Waals surface area contributed by atoms with E-state index in [-0.39, 0.29) is 12.8 Å². The molecule has 1 aliphatic carbocycles. The van der Waals surface area contributed by atoms with Crippen molar-refractivity contribution >= 4 is 43.3 Å². The molecule has 1 heterocycles. The van der Waals surface area contributed by atoms with E-state index in [2.05, 4.69) is 112 Å². The van der Waals surface area contributed by atoms with E-state index in [1.54, 1.807) is 7.11 Å². The number of para-hydroxylation sites is 2. The Kier molecular flexibility index (Phi) is 5.30. The summed E-state index contributed by atoms with van der Waals surface area (Å²) < 4.78 is 13.4. The molecule has 31 heavy (non-hydrogen) atoms. The smallest absolute Gasteiger partial charge is 0.175 e. The number of nitrogens with zero attached hydrogens (tertiary/aromatic N) is 1. The number of hydrogen-bond donors (Lipinski definition) is 0. The van der Waals surface area contributed by atoms with Gasteiger partial charge in [-0.25, -0.2) is 0 Å². The minimum Gasteiger partial charge on any atom is -0.359 e. The number of halogens is 1. The third kappa shape index (κ3) is 3.35. The first-order chi connectivity index (χ1) is 15.1. The Morgan fingerprint density at radius 2 is 1.45 bits per heavy atom. The first kappa shape index (κ1) is 20.3. The van der Waals surface area contributed by atoms with Crippen molar-refractivity contribution in [1.29, 1.82) is 0 Å². The minimum atomic E-state index is -0.797. The Morgan fingerprint density at radius 1 is 0.871 bits per heavy atom. The number of aromatic nitrogens is 1. The van der Waals surface area contributed by atoms with Crippen LogP contribution in [-0.2, 0) is 9.47 Å². The minimum absolute atomic E-state index is 0.118. The summed E-state index contributed by atoms with van der Waals surface area (Å²) in [6.45, 7) is 2.32. The molecule has 0 spiro atoms. The molecule has 0 saturated carbocycles. The van der Waals surface area contributed by atoms with Gasteiger partial charge >= 0.3 is 0 Å². The third-order valence-electron chi connectivity index (χ3n) is 5.91. The van der Waals surface area contributed by atoms with E-state index in [9.17, 15) is 0 Å². The monoisotopic (exact) mass is 473 g/mol. The second kappa shape index (κ2) is 8.12. The molecule has 4 heteroatoms. The largest absolute Gasteiger partial charge is 0.359 e. The number of methoxy groups -OCH3 is 1. The fourth-order valence-electron chi connectivity index (χ4n) is 4.59. The number of hydrogen-bond acceptors (Lipinski definition) is 2. The van der Waals surface area contributed by atoms with Crippen molar-refractivity contribution in [3.8, 4) is 0 Å². The molecular formula is C27H24BrNO2. The SMILES string of the molecule is COCOC1(Br)C(c2ccccc2)=CC(C)=CC1n1c2ccccc2c2ccccc21. The van der Waals surface area contributed by atoms with Gasteiger partial charge in [0.2, 0.25) is 0 Å². The van der Waals surface area contributed by atoms with E-state index in [0.717, 1.165) is 11.1 Å². The highest BCUT2D eigenvalue weighted by Gasteiger charge is 2.44. The van der Waals surface area contributed by atoms with E-state index in [4.69, 9.17) is 9.47 Å². The van der Waals surface area contributed by atoms with Crippen molar-refractivity contribution in [2.24, 2.45) is 0 Å². The standard InChI is InChI=1S/C27H24BrNO2/c1-19-16-23(20-10-4-3-5-11-20)27(28,31-18-30-2)26(17-19)29-24-14-8-6-12-21(24)22-13-7-9-15-25(22)29/h3-17,26H,18H2,1-2H3. The summed E-state index contributed by atoms with van der Waals surface area (Å²) in [7, 11) is 1.65. The fraction of sp³-hybridized carbons (Fsp3) is 0.185. The molecule has 0 fully saturated rings. The summed E-state index contributed by atoms with van der Waals surface area (Å²) in [5.41, 5.74) is 5.75. The Bertz CT molecular complexity index is 1250. The van der Waals surface area contributed by atoms with Crippen LogP contribution < -0.4 is 0 Å². The molecule has 2 unspecified atom stereocenters. The zero-order valence-corrected chi connectivity index (χ0v) is 19.2. The van der Waals surface area contributed by atoms with Gasteiger partial charge in [-0.15, -0.1) is 0 Å². The van der Waals surface area contributed by atoms with Crippen LogP contribution in [0.15, 0.2) is 96.6 Å². The number of benzene rings is 3. The van der Waals surface area contributed by atoms with Gasteiger partial charge in [0.15, 0.2) is 4.51 Å². The molecule has 3 aromatic carbocycles. The lowest BCUT2D eigenvalue weighted by Crippen LogP contribution is -2.39. The Morgan fingerprint density at radius 3 is 2.06 bits per heavy atom. The van der Waals surface area contributed by atoms with E-state index < -0.39 is 4.51 Å². The molecule has 1 aromatic heterocycles. The van der Waals surface area contributed by atoms with Crippen LogP contribution in [0.4, 0.5) is 0 Å². The zero-order valence-electron chi connectivity index (χ0n) is 17.6. The quantitative estimate of drug-likeness (QED) is 0.228. The van der Waals surface area contributed by atoms with Crippen LogP contribution in [0.3, 0.4) is 0 Å². The maximum Gasteiger partial charge on any atom is 0.175 e. The maximum atomic E-state index is 6.43. The first-order valence-electron chi connectivity index (χ1n) is 10.4. The number of ether oxygens (including phenoxy) is 2. The van der Waals surface area contributed by atoms with Gasteiger partial charge < -0.3 is 14.0 Å². The van der Waals surface area contributed by atoms with Crippen molar-refractivity contribution in [1.82, 2.24) is 4.57 Å². The average molecular weight is 474 g/mol. The number of allylic oxidation sites excluding steroid dienone is 2. The lowest BCUT2D eigenvalue weighted by atomic mass is 9.87. The van der Waals surface area contributed by atoms with Gasteiger partial charge in [0.25, 0.3) is 0 Å². The van der Waals surface area contributed by atoms with Gasteiger partial charge in [0.05, 0.1) is 6.04 Å². The predicted octanol–water partition coefficient (Wildman–Crippen LogP) is 7.09. The Hall–Kier alpha value is -2.66. The first-order valence-corrected chi connectivity index (χ1v) is 11.2. The predicted molar refractivity (Wildman–Crippen MR) is 131 cm³/mol. The highest BCUT2D eigenvalue weighted by molar-refractivity contribution is 9.10. The molecule has 5 rings (SSSR count). The summed E-state index contributed by atoms with van der Waals surface area (Å²) in [5.74, 6) is 0. The molecule has 1 aliphatic rings. The second-order valence-electron chi connectivity index (χ2n) is 7.88.